The molecule has 1 rings (SSSR count). The van der Waals surface area contributed by atoms with Crippen molar-refractivity contribution in [1.82, 2.24) is 0 Å². The summed E-state index contributed by atoms with van der Waals surface area (Å²) in [6, 6.07) is 11.1. The van der Waals surface area contributed by atoms with Gasteiger partial charge in [0.2, 0.25) is 8.32 Å². The number of rotatable bonds is 5. The highest BCUT2D eigenvalue weighted by Gasteiger charge is 2.23. The van der Waals surface area contributed by atoms with Gasteiger partial charge in [0.1, 0.15) is 5.75 Å². The standard InChI is InChI=1S/C11H17ClOSi/c1-14(2,10-6-9-12)13-11-7-4-3-5-8-11/h3-5,7-8H,6,9-10H2,1-2H3. The van der Waals surface area contributed by atoms with Crippen LogP contribution in [-0.4, -0.2) is 14.2 Å². The van der Waals surface area contributed by atoms with Crippen LogP contribution in [0.1, 0.15) is 6.42 Å². The summed E-state index contributed by atoms with van der Waals surface area (Å²) in [4.78, 5) is 0. The molecule has 0 aliphatic rings. The zero-order chi connectivity index (χ0) is 10.4. The normalized spacial score (nSPS) is 11.4. The molecule has 0 amide bonds. The Kier molecular flexibility index (Phi) is 4.49. The lowest BCUT2D eigenvalue weighted by molar-refractivity contribution is 0.545. The van der Waals surface area contributed by atoms with Crippen molar-refractivity contribution in [2.45, 2.75) is 25.6 Å². The average molecular weight is 229 g/mol. The van der Waals surface area contributed by atoms with E-state index in [0.29, 0.717) is 0 Å². The summed E-state index contributed by atoms with van der Waals surface area (Å²) in [5, 5.41) is 0. The van der Waals surface area contributed by atoms with Gasteiger partial charge in [0.25, 0.3) is 0 Å². The minimum Gasteiger partial charge on any atom is -0.544 e. The molecule has 1 aromatic rings. The zero-order valence-electron chi connectivity index (χ0n) is 8.79. The maximum atomic E-state index is 5.98. The van der Waals surface area contributed by atoms with E-state index in [-0.39, 0.29) is 0 Å². The molecule has 0 atom stereocenters. The molecule has 0 fully saturated rings. The van der Waals surface area contributed by atoms with E-state index < -0.39 is 8.32 Å². The first-order valence-electron chi connectivity index (χ1n) is 4.94. The van der Waals surface area contributed by atoms with E-state index in [1.165, 1.54) is 0 Å². The number of alkyl halides is 1. The lowest BCUT2D eigenvalue weighted by Gasteiger charge is -2.23. The number of benzene rings is 1. The van der Waals surface area contributed by atoms with Crippen LogP contribution in [0.3, 0.4) is 0 Å². The fraction of sp³-hybridized carbons (Fsp3) is 0.455. The molecule has 0 radical (unpaired) electrons. The fourth-order valence-corrected chi connectivity index (χ4v) is 3.61. The maximum Gasteiger partial charge on any atom is 0.245 e. The van der Waals surface area contributed by atoms with E-state index in [1.807, 2.05) is 30.3 Å². The summed E-state index contributed by atoms with van der Waals surface area (Å²) in [7, 11) is -1.55. The van der Waals surface area contributed by atoms with Gasteiger partial charge in [0.05, 0.1) is 0 Å². The van der Waals surface area contributed by atoms with Crippen molar-refractivity contribution in [2.24, 2.45) is 0 Å². The third kappa shape index (κ3) is 4.16. The first kappa shape index (κ1) is 11.6. The highest BCUT2D eigenvalue weighted by Crippen LogP contribution is 2.19. The predicted molar refractivity (Wildman–Crippen MR) is 64.7 cm³/mol. The van der Waals surface area contributed by atoms with Crippen LogP contribution in [0.15, 0.2) is 30.3 Å². The second kappa shape index (κ2) is 5.42. The number of halogens is 1. The molecule has 3 heteroatoms. The summed E-state index contributed by atoms with van der Waals surface area (Å²) >= 11 is 5.68. The van der Waals surface area contributed by atoms with Gasteiger partial charge in [0.15, 0.2) is 0 Å². The Labute approximate surface area is 92.2 Å². The van der Waals surface area contributed by atoms with Gasteiger partial charge < -0.3 is 4.43 Å². The van der Waals surface area contributed by atoms with Crippen LogP contribution < -0.4 is 4.43 Å². The van der Waals surface area contributed by atoms with Crippen LogP contribution in [0.5, 0.6) is 5.75 Å². The molecule has 14 heavy (non-hydrogen) atoms. The third-order valence-electron chi connectivity index (χ3n) is 2.05. The SMILES string of the molecule is C[Si](C)(CCCCl)Oc1ccccc1. The van der Waals surface area contributed by atoms with E-state index in [4.69, 9.17) is 16.0 Å². The van der Waals surface area contributed by atoms with Crippen LogP contribution in [0, 0.1) is 0 Å². The smallest absolute Gasteiger partial charge is 0.245 e. The topological polar surface area (TPSA) is 9.23 Å². The monoisotopic (exact) mass is 228 g/mol. The average Bonchev–Trinajstić information content (AvgIpc) is 2.16. The molecule has 1 nitrogen and oxygen atoms in total. The first-order chi connectivity index (χ1) is 6.64. The maximum absolute atomic E-state index is 5.98. The third-order valence-corrected chi connectivity index (χ3v) is 4.66. The quantitative estimate of drug-likeness (QED) is 0.549. The summed E-state index contributed by atoms with van der Waals surface area (Å²) in [5.74, 6) is 1.72. The van der Waals surface area contributed by atoms with Gasteiger partial charge in [-0.15, -0.1) is 11.6 Å². The van der Waals surface area contributed by atoms with Gasteiger partial charge >= 0.3 is 0 Å². The molecule has 0 heterocycles. The van der Waals surface area contributed by atoms with Gasteiger partial charge in [-0.3, -0.25) is 0 Å². The molecule has 0 N–H and O–H groups in total. The van der Waals surface area contributed by atoms with Crippen molar-refractivity contribution in [3.05, 3.63) is 30.3 Å². The molecule has 78 valence electrons. The molecule has 0 aromatic heterocycles. The van der Waals surface area contributed by atoms with Gasteiger partial charge in [-0.2, -0.15) is 0 Å². The molecule has 0 saturated heterocycles. The summed E-state index contributed by atoms with van der Waals surface area (Å²) < 4.78 is 5.98. The predicted octanol–water partition coefficient (Wildman–Crippen LogP) is 3.90. The van der Waals surface area contributed by atoms with Crippen LogP contribution in [0.25, 0.3) is 0 Å². The van der Waals surface area contributed by atoms with Crippen molar-refractivity contribution in [1.29, 1.82) is 0 Å². The van der Waals surface area contributed by atoms with Gasteiger partial charge in [0, 0.05) is 5.88 Å². The van der Waals surface area contributed by atoms with Crippen molar-refractivity contribution in [2.75, 3.05) is 5.88 Å². The second-order valence-electron chi connectivity index (χ2n) is 3.97. The van der Waals surface area contributed by atoms with Crippen LogP contribution in [0.2, 0.25) is 19.1 Å². The Morgan fingerprint density at radius 3 is 2.43 bits per heavy atom. The van der Waals surface area contributed by atoms with Gasteiger partial charge in [-0.25, -0.2) is 0 Å². The summed E-state index contributed by atoms with van der Waals surface area (Å²) in [5.41, 5.74) is 0. The largest absolute Gasteiger partial charge is 0.544 e. The molecule has 0 saturated carbocycles. The minimum atomic E-state index is -1.55. The Morgan fingerprint density at radius 2 is 1.86 bits per heavy atom. The second-order valence-corrected chi connectivity index (χ2v) is 8.57. The highest BCUT2D eigenvalue weighted by molar-refractivity contribution is 6.71. The lowest BCUT2D eigenvalue weighted by atomic mass is 10.3. The molecular weight excluding hydrogens is 212 g/mol. The van der Waals surface area contributed by atoms with Crippen molar-refractivity contribution in [3.8, 4) is 5.75 Å². The Balaban J connectivity index is 2.50. The molecular formula is C11H17ClOSi. The highest BCUT2D eigenvalue weighted by atomic mass is 35.5. The summed E-state index contributed by atoms with van der Waals surface area (Å²) in [6.45, 7) is 4.46. The van der Waals surface area contributed by atoms with Crippen molar-refractivity contribution >= 4 is 19.9 Å². The van der Waals surface area contributed by atoms with Crippen LogP contribution in [0.4, 0.5) is 0 Å². The molecule has 1 aromatic carbocycles. The van der Waals surface area contributed by atoms with Crippen LogP contribution in [-0.2, 0) is 0 Å². The van der Waals surface area contributed by atoms with E-state index in [1.54, 1.807) is 0 Å². The molecule has 0 unspecified atom stereocenters. The molecule has 0 spiro atoms. The van der Waals surface area contributed by atoms with Crippen LogP contribution >= 0.6 is 11.6 Å². The first-order valence-corrected chi connectivity index (χ1v) is 8.59. The van der Waals surface area contributed by atoms with Gasteiger partial charge in [-0.1, -0.05) is 18.2 Å². The molecule has 0 aliphatic heterocycles. The zero-order valence-corrected chi connectivity index (χ0v) is 10.6. The summed E-state index contributed by atoms with van der Waals surface area (Å²) in [6.07, 6.45) is 1.05. The van der Waals surface area contributed by atoms with E-state index in [2.05, 4.69) is 13.1 Å². The van der Waals surface area contributed by atoms with E-state index >= 15 is 0 Å². The van der Waals surface area contributed by atoms with E-state index in [0.717, 1.165) is 24.1 Å². The number of hydrogen-bond donors (Lipinski definition) is 0. The number of hydrogen-bond acceptors (Lipinski definition) is 1. The Morgan fingerprint density at radius 1 is 1.21 bits per heavy atom. The van der Waals surface area contributed by atoms with Crippen molar-refractivity contribution in [3.63, 3.8) is 0 Å². The molecule has 0 bridgehead atoms. The Bertz CT molecular complexity index is 261. The minimum absolute atomic E-state index is 0.731. The van der Waals surface area contributed by atoms with E-state index in [9.17, 15) is 0 Å². The lowest BCUT2D eigenvalue weighted by Crippen LogP contribution is -2.33. The Hall–Kier alpha value is -0.473. The number of para-hydroxylation sites is 1. The fourth-order valence-electron chi connectivity index (χ4n) is 1.35. The molecule has 0 aliphatic carbocycles. The van der Waals surface area contributed by atoms with Gasteiger partial charge in [-0.05, 0) is 37.7 Å². The van der Waals surface area contributed by atoms with Crippen molar-refractivity contribution < 1.29 is 4.43 Å².